The van der Waals surface area contributed by atoms with E-state index >= 15 is 0 Å². The van der Waals surface area contributed by atoms with Crippen LogP contribution in [-0.2, 0) is 17.8 Å². The van der Waals surface area contributed by atoms with Crippen molar-refractivity contribution < 1.29 is 19.7 Å². The summed E-state index contributed by atoms with van der Waals surface area (Å²) in [5.41, 5.74) is 0.908. The van der Waals surface area contributed by atoms with Gasteiger partial charge in [0.2, 0.25) is 0 Å². The summed E-state index contributed by atoms with van der Waals surface area (Å²) in [5, 5.41) is 27.5. The number of rotatable bonds is 1. The van der Waals surface area contributed by atoms with Gasteiger partial charge in [-0.05, 0) is 42.5 Å². The fourth-order valence-electron chi connectivity index (χ4n) is 2.50. The van der Waals surface area contributed by atoms with Crippen LogP contribution in [0.4, 0.5) is 0 Å². The van der Waals surface area contributed by atoms with Crippen LogP contribution >= 0.6 is 11.6 Å². The number of phenols is 1. The highest BCUT2D eigenvalue weighted by Gasteiger charge is 2.23. The summed E-state index contributed by atoms with van der Waals surface area (Å²) >= 11 is 6.15. The molecule has 0 saturated carbocycles. The van der Waals surface area contributed by atoms with Gasteiger partial charge in [0, 0.05) is 12.1 Å². The molecule has 0 spiro atoms. The topological polar surface area (TPSA) is 90.6 Å². The van der Waals surface area contributed by atoms with Gasteiger partial charge < -0.3 is 20.4 Å². The number of aromatic hydroxyl groups is 1. The molecular formula is C18H20ClNO4. The van der Waals surface area contributed by atoms with E-state index in [-0.39, 0.29) is 40.6 Å². The average molecular weight is 350 g/mol. The number of nitrogens with one attached hydrogen (secondary N) is 1. The number of hydrogen-bond acceptors (Lipinski definition) is 5. The summed E-state index contributed by atoms with van der Waals surface area (Å²) in [4.78, 5) is 12.4. The monoisotopic (exact) mass is 349 g/mol. The maximum absolute atomic E-state index is 12.4. The normalized spacial score (nSPS) is 19.1. The number of esters is 1. The lowest BCUT2D eigenvalue weighted by Gasteiger charge is -2.16. The van der Waals surface area contributed by atoms with Crippen LogP contribution in [0.25, 0.3) is 0 Å². The number of aliphatic hydroxyl groups excluding tert-OH is 1. The first-order valence-corrected chi connectivity index (χ1v) is 8.12. The molecule has 0 aromatic heterocycles. The molecule has 0 bridgehead atoms. The smallest absolute Gasteiger partial charge is 0.338 e. The van der Waals surface area contributed by atoms with E-state index in [0.29, 0.717) is 12.0 Å². The van der Waals surface area contributed by atoms with Crippen molar-refractivity contribution in [1.29, 1.82) is 5.41 Å². The van der Waals surface area contributed by atoms with Gasteiger partial charge in [0.05, 0.1) is 23.8 Å². The molecular weight excluding hydrogens is 330 g/mol. The van der Waals surface area contributed by atoms with Crippen LogP contribution in [0, 0.1) is 5.41 Å². The van der Waals surface area contributed by atoms with Crippen molar-refractivity contribution in [2.75, 3.05) is 6.61 Å². The van der Waals surface area contributed by atoms with E-state index in [4.69, 9.17) is 21.7 Å². The van der Waals surface area contributed by atoms with Gasteiger partial charge in [-0.15, -0.1) is 0 Å². The first-order chi connectivity index (χ1) is 11.5. The fourth-order valence-corrected chi connectivity index (χ4v) is 2.71. The van der Waals surface area contributed by atoms with Gasteiger partial charge in [-0.25, -0.2) is 4.79 Å². The van der Waals surface area contributed by atoms with Gasteiger partial charge in [0.25, 0.3) is 0 Å². The summed E-state index contributed by atoms with van der Waals surface area (Å²) in [5.74, 6) is -0.841. The third kappa shape index (κ3) is 4.46. The Labute approximate surface area is 145 Å². The Morgan fingerprint density at radius 3 is 2.67 bits per heavy atom. The van der Waals surface area contributed by atoms with Crippen molar-refractivity contribution >= 4 is 23.3 Å². The highest BCUT2D eigenvalue weighted by atomic mass is 35.5. The lowest BCUT2D eigenvalue weighted by molar-refractivity contribution is 0.0507. The van der Waals surface area contributed by atoms with Crippen LogP contribution in [-0.4, -0.2) is 28.5 Å². The number of fused-ring (bicyclic) bond motifs is 1. The minimum Gasteiger partial charge on any atom is -0.506 e. The minimum atomic E-state index is -0.613. The third-order valence-corrected chi connectivity index (χ3v) is 4.09. The SMILES string of the molecule is N=C1/C=C/CC/C=C/CCOC(=O)c2c(CO)cc(O)c(Cl)c2C1. The van der Waals surface area contributed by atoms with Gasteiger partial charge in [-0.2, -0.15) is 0 Å². The van der Waals surface area contributed by atoms with Gasteiger partial charge in [-0.3, -0.25) is 0 Å². The van der Waals surface area contributed by atoms with Gasteiger partial charge in [-0.1, -0.05) is 29.8 Å². The van der Waals surface area contributed by atoms with E-state index in [9.17, 15) is 15.0 Å². The zero-order chi connectivity index (χ0) is 17.5. The number of aliphatic hydroxyl groups is 1. The van der Waals surface area contributed by atoms with Crippen LogP contribution < -0.4 is 0 Å². The summed E-state index contributed by atoms with van der Waals surface area (Å²) in [6, 6.07) is 1.25. The molecule has 0 radical (unpaired) electrons. The Morgan fingerprint density at radius 2 is 1.92 bits per heavy atom. The Hall–Kier alpha value is -2.11. The molecule has 0 amide bonds. The van der Waals surface area contributed by atoms with Crippen LogP contribution in [0.15, 0.2) is 30.4 Å². The molecule has 0 saturated heterocycles. The molecule has 2 rings (SSSR count). The molecule has 6 heteroatoms. The molecule has 1 aromatic carbocycles. The lowest BCUT2D eigenvalue weighted by Crippen LogP contribution is -2.15. The second kappa shape index (κ2) is 8.66. The average Bonchev–Trinajstić information content (AvgIpc) is 2.56. The molecule has 0 aliphatic carbocycles. The zero-order valence-electron chi connectivity index (χ0n) is 13.2. The highest BCUT2D eigenvalue weighted by Crippen LogP contribution is 2.34. The van der Waals surface area contributed by atoms with Gasteiger partial charge >= 0.3 is 5.97 Å². The largest absolute Gasteiger partial charge is 0.506 e. The quantitative estimate of drug-likeness (QED) is 0.534. The number of hydrogen-bond donors (Lipinski definition) is 3. The number of ether oxygens (including phenoxy) is 1. The highest BCUT2D eigenvalue weighted by molar-refractivity contribution is 6.33. The van der Waals surface area contributed by atoms with E-state index < -0.39 is 12.6 Å². The number of phenolic OH excluding ortho intramolecular Hbond substituents is 1. The van der Waals surface area contributed by atoms with Crippen molar-refractivity contribution in [3.63, 3.8) is 0 Å². The Bertz CT molecular complexity index is 695. The standard InChI is InChI=1S/C18H20ClNO4/c19-17-14-10-13(20)7-5-3-1-2-4-6-8-24-18(23)16(14)12(11-21)9-15(17)22/h2,4-5,7,9,20-22H,1,3,6,8,10-11H2/b4-2+,7-5+,20-13?. The molecule has 0 unspecified atom stereocenters. The number of carbonyl (C=O) groups is 1. The number of allylic oxidation sites excluding steroid dienone is 3. The number of benzene rings is 1. The summed E-state index contributed by atoms with van der Waals surface area (Å²) in [6.07, 6.45) is 9.82. The molecule has 1 heterocycles. The molecule has 1 aromatic rings. The number of cyclic esters (lactones) is 1. The Morgan fingerprint density at radius 1 is 1.21 bits per heavy atom. The van der Waals surface area contributed by atoms with Crippen molar-refractivity contribution in [3.8, 4) is 5.75 Å². The second-order valence-corrected chi connectivity index (χ2v) is 5.84. The molecule has 1 aliphatic heterocycles. The second-order valence-electron chi connectivity index (χ2n) is 5.46. The van der Waals surface area contributed by atoms with E-state index in [2.05, 4.69) is 0 Å². The van der Waals surface area contributed by atoms with Crippen molar-refractivity contribution in [2.24, 2.45) is 0 Å². The van der Waals surface area contributed by atoms with Gasteiger partial charge in [0.1, 0.15) is 5.75 Å². The van der Waals surface area contributed by atoms with Crippen LogP contribution in [0.1, 0.15) is 40.7 Å². The van der Waals surface area contributed by atoms with E-state index in [0.717, 1.165) is 12.8 Å². The molecule has 128 valence electrons. The first kappa shape index (κ1) is 18.2. The third-order valence-electron chi connectivity index (χ3n) is 3.67. The maximum atomic E-state index is 12.4. The van der Waals surface area contributed by atoms with Gasteiger partial charge in [0.15, 0.2) is 0 Å². The first-order valence-electron chi connectivity index (χ1n) is 7.74. The van der Waals surface area contributed by atoms with Crippen molar-refractivity contribution in [2.45, 2.75) is 32.3 Å². The molecule has 5 nitrogen and oxygen atoms in total. The summed E-state index contributed by atoms with van der Waals surface area (Å²) < 4.78 is 5.26. The van der Waals surface area contributed by atoms with Crippen molar-refractivity contribution in [1.82, 2.24) is 0 Å². The summed E-state index contributed by atoms with van der Waals surface area (Å²) in [7, 11) is 0. The molecule has 1 aliphatic rings. The fraction of sp³-hybridized carbons (Fsp3) is 0.333. The summed E-state index contributed by atoms with van der Waals surface area (Å²) in [6.45, 7) is -0.226. The Kier molecular flexibility index (Phi) is 6.58. The molecule has 24 heavy (non-hydrogen) atoms. The lowest BCUT2D eigenvalue weighted by atomic mass is 9.96. The minimum absolute atomic E-state index is 0.00397. The van der Waals surface area contributed by atoms with E-state index in [1.54, 1.807) is 6.08 Å². The van der Waals surface area contributed by atoms with Crippen LogP contribution in [0.5, 0.6) is 5.75 Å². The molecule has 0 atom stereocenters. The number of halogens is 1. The predicted molar refractivity (Wildman–Crippen MR) is 92.9 cm³/mol. The zero-order valence-corrected chi connectivity index (χ0v) is 14.0. The van der Waals surface area contributed by atoms with E-state index in [1.807, 2.05) is 18.2 Å². The van der Waals surface area contributed by atoms with Crippen molar-refractivity contribution in [3.05, 3.63) is 52.1 Å². The van der Waals surface area contributed by atoms with E-state index in [1.165, 1.54) is 6.07 Å². The molecule has 3 N–H and O–H groups in total. The van der Waals surface area contributed by atoms with Crippen LogP contribution in [0.3, 0.4) is 0 Å². The van der Waals surface area contributed by atoms with Crippen LogP contribution in [0.2, 0.25) is 5.02 Å². The Balaban J connectivity index is 2.49. The number of carbonyl (C=O) groups excluding carboxylic acids is 1. The molecule has 0 fully saturated rings. The predicted octanol–water partition coefficient (Wildman–Crippen LogP) is 3.55. The maximum Gasteiger partial charge on any atom is 0.338 e.